The van der Waals surface area contributed by atoms with Crippen LogP contribution in [0.1, 0.15) is 5.69 Å². The highest BCUT2D eigenvalue weighted by molar-refractivity contribution is 6.30. The van der Waals surface area contributed by atoms with Gasteiger partial charge in [-0.25, -0.2) is 4.68 Å². The molecule has 0 bridgehead atoms. The molecule has 0 aliphatic heterocycles. The molecule has 3 aromatic rings. The van der Waals surface area contributed by atoms with Crippen LogP contribution in [-0.2, 0) is 6.42 Å². The van der Waals surface area contributed by atoms with E-state index >= 15 is 0 Å². The van der Waals surface area contributed by atoms with Crippen LogP contribution in [0.15, 0.2) is 60.8 Å². The standard InChI is InChI=1S/C17H16ClN3/c18-14-6-4-5-13(11-14)16-12-20-21(17(16)9-10-19)15-7-2-1-3-8-15/h1-8,11-12H,9-10,19H2. The zero-order valence-corrected chi connectivity index (χ0v) is 12.3. The lowest BCUT2D eigenvalue weighted by Crippen LogP contribution is -2.09. The Morgan fingerprint density at radius 1 is 1.05 bits per heavy atom. The Balaban J connectivity index is 2.12. The maximum absolute atomic E-state index is 6.10. The molecule has 4 heteroatoms. The van der Waals surface area contributed by atoms with Gasteiger partial charge in [-0.05, 0) is 36.4 Å². The van der Waals surface area contributed by atoms with Gasteiger partial charge >= 0.3 is 0 Å². The molecule has 0 spiro atoms. The lowest BCUT2D eigenvalue weighted by atomic mass is 10.0. The van der Waals surface area contributed by atoms with Gasteiger partial charge in [0.15, 0.2) is 0 Å². The second-order valence-electron chi connectivity index (χ2n) is 4.80. The normalized spacial score (nSPS) is 10.8. The molecule has 2 N–H and O–H groups in total. The van der Waals surface area contributed by atoms with E-state index < -0.39 is 0 Å². The van der Waals surface area contributed by atoms with Crippen molar-refractivity contribution in [1.82, 2.24) is 9.78 Å². The fraction of sp³-hybridized carbons (Fsp3) is 0.118. The maximum Gasteiger partial charge on any atom is 0.0649 e. The lowest BCUT2D eigenvalue weighted by Gasteiger charge is -2.09. The summed E-state index contributed by atoms with van der Waals surface area (Å²) in [6.45, 7) is 0.575. The third-order valence-corrected chi connectivity index (χ3v) is 3.62. The van der Waals surface area contributed by atoms with E-state index in [9.17, 15) is 0 Å². The Kier molecular flexibility index (Phi) is 4.04. The molecule has 0 radical (unpaired) electrons. The van der Waals surface area contributed by atoms with Crippen LogP contribution in [0.2, 0.25) is 5.02 Å². The highest BCUT2D eigenvalue weighted by Gasteiger charge is 2.13. The third kappa shape index (κ3) is 2.84. The number of hydrogen-bond acceptors (Lipinski definition) is 2. The molecule has 3 nitrogen and oxygen atoms in total. The first-order chi connectivity index (χ1) is 10.3. The molecule has 0 amide bonds. The summed E-state index contributed by atoms with van der Waals surface area (Å²) in [7, 11) is 0. The first-order valence-corrected chi connectivity index (χ1v) is 7.25. The average Bonchev–Trinajstić information content (AvgIpc) is 2.92. The smallest absolute Gasteiger partial charge is 0.0649 e. The molecule has 1 heterocycles. The fourth-order valence-electron chi connectivity index (χ4n) is 2.44. The molecule has 0 aliphatic rings. The van der Waals surface area contributed by atoms with Gasteiger partial charge < -0.3 is 5.73 Å². The molecular formula is C17H16ClN3. The van der Waals surface area contributed by atoms with E-state index in [-0.39, 0.29) is 0 Å². The number of hydrogen-bond donors (Lipinski definition) is 1. The molecule has 0 saturated carbocycles. The van der Waals surface area contributed by atoms with Crippen LogP contribution in [0.25, 0.3) is 16.8 Å². The molecule has 2 aromatic carbocycles. The van der Waals surface area contributed by atoms with Crippen molar-refractivity contribution in [1.29, 1.82) is 0 Å². The van der Waals surface area contributed by atoms with Gasteiger partial charge in [-0.2, -0.15) is 5.10 Å². The van der Waals surface area contributed by atoms with Crippen molar-refractivity contribution < 1.29 is 0 Å². The van der Waals surface area contributed by atoms with Crippen LogP contribution in [0, 0.1) is 0 Å². The van der Waals surface area contributed by atoms with Crippen molar-refractivity contribution in [2.45, 2.75) is 6.42 Å². The van der Waals surface area contributed by atoms with Gasteiger partial charge in [0, 0.05) is 17.0 Å². The first kappa shape index (κ1) is 13.9. The second kappa shape index (κ2) is 6.12. The summed E-state index contributed by atoms with van der Waals surface area (Å²) in [5.41, 5.74) is 10.1. The third-order valence-electron chi connectivity index (χ3n) is 3.39. The number of para-hydroxylation sites is 1. The van der Waals surface area contributed by atoms with Crippen molar-refractivity contribution in [2.75, 3.05) is 6.54 Å². The van der Waals surface area contributed by atoms with Crippen molar-refractivity contribution in [3.05, 3.63) is 71.5 Å². The molecule has 0 atom stereocenters. The Morgan fingerprint density at radius 3 is 2.57 bits per heavy atom. The molecule has 0 unspecified atom stereocenters. The number of benzene rings is 2. The zero-order valence-electron chi connectivity index (χ0n) is 11.5. The van der Waals surface area contributed by atoms with Crippen LogP contribution >= 0.6 is 11.6 Å². The first-order valence-electron chi connectivity index (χ1n) is 6.88. The highest BCUT2D eigenvalue weighted by Crippen LogP contribution is 2.27. The summed E-state index contributed by atoms with van der Waals surface area (Å²) in [5.74, 6) is 0. The van der Waals surface area contributed by atoms with Crippen LogP contribution < -0.4 is 5.73 Å². The van der Waals surface area contributed by atoms with Crippen molar-refractivity contribution in [3.63, 3.8) is 0 Å². The molecule has 0 fully saturated rings. The predicted molar refractivity (Wildman–Crippen MR) is 86.8 cm³/mol. The number of aromatic nitrogens is 2. The van der Waals surface area contributed by atoms with Crippen molar-refractivity contribution in [2.24, 2.45) is 5.73 Å². The zero-order chi connectivity index (χ0) is 14.7. The van der Waals surface area contributed by atoms with Gasteiger partial charge in [-0.15, -0.1) is 0 Å². The summed E-state index contributed by atoms with van der Waals surface area (Å²) >= 11 is 6.10. The Hall–Kier alpha value is -2.10. The molecule has 3 rings (SSSR count). The minimum Gasteiger partial charge on any atom is -0.330 e. The second-order valence-corrected chi connectivity index (χ2v) is 5.24. The molecule has 0 aliphatic carbocycles. The SMILES string of the molecule is NCCc1c(-c2cccc(Cl)c2)cnn1-c1ccccc1. The summed E-state index contributed by atoms with van der Waals surface area (Å²) in [5, 5.41) is 5.25. The van der Waals surface area contributed by atoms with E-state index in [2.05, 4.69) is 5.10 Å². The number of halogens is 1. The van der Waals surface area contributed by atoms with E-state index in [0.29, 0.717) is 6.54 Å². The fourth-order valence-corrected chi connectivity index (χ4v) is 2.63. The Labute approximate surface area is 129 Å². The van der Waals surface area contributed by atoms with Crippen LogP contribution in [0.3, 0.4) is 0 Å². The van der Waals surface area contributed by atoms with E-state index in [1.807, 2.05) is 65.5 Å². The molecular weight excluding hydrogens is 282 g/mol. The van der Waals surface area contributed by atoms with Gasteiger partial charge in [0.1, 0.15) is 0 Å². The van der Waals surface area contributed by atoms with Gasteiger partial charge in [0.05, 0.1) is 17.6 Å². The van der Waals surface area contributed by atoms with E-state index in [1.165, 1.54) is 0 Å². The van der Waals surface area contributed by atoms with E-state index in [1.54, 1.807) is 0 Å². The largest absolute Gasteiger partial charge is 0.330 e. The highest BCUT2D eigenvalue weighted by atomic mass is 35.5. The van der Waals surface area contributed by atoms with Crippen LogP contribution in [0.4, 0.5) is 0 Å². The summed E-state index contributed by atoms with van der Waals surface area (Å²) in [6.07, 6.45) is 2.64. The Morgan fingerprint density at radius 2 is 1.86 bits per heavy atom. The van der Waals surface area contributed by atoms with Crippen LogP contribution in [0.5, 0.6) is 0 Å². The van der Waals surface area contributed by atoms with E-state index in [0.717, 1.165) is 34.0 Å². The maximum atomic E-state index is 6.10. The van der Waals surface area contributed by atoms with Gasteiger partial charge in [0.25, 0.3) is 0 Å². The quantitative estimate of drug-likeness (QED) is 0.798. The number of rotatable bonds is 4. The molecule has 1 aromatic heterocycles. The summed E-state index contributed by atoms with van der Waals surface area (Å²) in [6, 6.07) is 17.9. The van der Waals surface area contributed by atoms with Gasteiger partial charge in [-0.1, -0.05) is 41.9 Å². The monoisotopic (exact) mass is 297 g/mol. The molecule has 106 valence electrons. The average molecular weight is 298 g/mol. The minimum atomic E-state index is 0.575. The number of nitrogens with zero attached hydrogens (tertiary/aromatic N) is 2. The van der Waals surface area contributed by atoms with Gasteiger partial charge in [-0.3, -0.25) is 0 Å². The van der Waals surface area contributed by atoms with Gasteiger partial charge in [0.2, 0.25) is 0 Å². The van der Waals surface area contributed by atoms with E-state index in [4.69, 9.17) is 17.3 Å². The summed E-state index contributed by atoms with van der Waals surface area (Å²) < 4.78 is 1.95. The van der Waals surface area contributed by atoms with Crippen molar-refractivity contribution in [3.8, 4) is 16.8 Å². The number of nitrogens with two attached hydrogens (primary N) is 1. The van der Waals surface area contributed by atoms with Crippen molar-refractivity contribution >= 4 is 11.6 Å². The Bertz CT molecular complexity index is 735. The molecule has 0 saturated heterocycles. The lowest BCUT2D eigenvalue weighted by molar-refractivity contribution is 0.792. The minimum absolute atomic E-state index is 0.575. The predicted octanol–water partition coefficient (Wildman–Crippen LogP) is 3.69. The molecule has 21 heavy (non-hydrogen) atoms. The van der Waals surface area contributed by atoms with Crippen LogP contribution in [-0.4, -0.2) is 16.3 Å². The topological polar surface area (TPSA) is 43.8 Å². The summed E-state index contributed by atoms with van der Waals surface area (Å²) in [4.78, 5) is 0.